The summed E-state index contributed by atoms with van der Waals surface area (Å²) in [6.45, 7) is -0.0853. The van der Waals surface area contributed by atoms with Crippen LogP contribution in [0.1, 0.15) is 20.7 Å². The van der Waals surface area contributed by atoms with Gasteiger partial charge < -0.3 is 19.9 Å². The summed E-state index contributed by atoms with van der Waals surface area (Å²) in [6.07, 6.45) is 0. The molecule has 0 aromatic heterocycles. The van der Waals surface area contributed by atoms with Crippen LogP contribution in [0.4, 0.5) is 5.69 Å². The van der Waals surface area contributed by atoms with Gasteiger partial charge in [0.05, 0.1) is 21.8 Å². The Balaban J connectivity index is 2.29. The number of hydrogen-bond donors (Lipinski definition) is 2. The van der Waals surface area contributed by atoms with Crippen LogP contribution < -0.4 is 10.1 Å². The highest BCUT2D eigenvalue weighted by atomic mass is 35.5. The Morgan fingerprint density at radius 3 is 2.61 bits per heavy atom. The fourth-order valence-corrected chi connectivity index (χ4v) is 2.06. The summed E-state index contributed by atoms with van der Waals surface area (Å²) in [5.74, 6) is -1.34. The van der Waals surface area contributed by atoms with E-state index in [1.807, 2.05) is 0 Å². The molecule has 0 saturated heterocycles. The van der Waals surface area contributed by atoms with Crippen molar-refractivity contribution in [2.45, 2.75) is 0 Å². The fraction of sp³-hybridized carbons (Fsp3) is 0.125. The number of ether oxygens (including phenoxy) is 2. The largest absolute Gasteiger partial charge is 0.478 e. The molecule has 0 heterocycles. The van der Waals surface area contributed by atoms with E-state index in [1.165, 1.54) is 25.3 Å². The molecule has 0 aliphatic heterocycles. The monoisotopic (exact) mass is 335 g/mol. The molecule has 0 bridgehead atoms. The molecule has 120 valence electrons. The molecule has 0 atom stereocenters. The van der Waals surface area contributed by atoms with Gasteiger partial charge in [0.1, 0.15) is 5.75 Å². The van der Waals surface area contributed by atoms with Gasteiger partial charge in [-0.3, -0.25) is 4.79 Å². The first-order valence-corrected chi connectivity index (χ1v) is 6.95. The first kappa shape index (κ1) is 16.8. The smallest absolute Gasteiger partial charge is 0.335 e. The van der Waals surface area contributed by atoms with Gasteiger partial charge in [-0.05, 0) is 30.3 Å². The van der Waals surface area contributed by atoms with Crippen molar-refractivity contribution in [3.05, 3.63) is 58.6 Å². The molecule has 2 aromatic rings. The van der Waals surface area contributed by atoms with E-state index >= 15 is 0 Å². The summed E-state index contributed by atoms with van der Waals surface area (Å²) in [4.78, 5) is 23.3. The Bertz CT molecular complexity index is 732. The van der Waals surface area contributed by atoms with Crippen molar-refractivity contribution in [3.8, 4) is 5.75 Å². The minimum atomic E-state index is -1.10. The number of aromatic carboxylic acids is 1. The van der Waals surface area contributed by atoms with E-state index in [-0.39, 0.29) is 18.1 Å². The van der Waals surface area contributed by atoms with Crippen LogP contribution in [0.2, 0.25) is 5.02 Å². The first-order chi connectivity index (χ1) is 11.0. The predicted molar refractivity (Wildman–Crippen MR) is 85.3 cm³/mol. The van der Waals surface area contributed by atoms with Gasteiger partial charge in [-0.15, -0.1) is 0 Å². The lowest BCUT2D eigenvalue weighted by Crippen LogP contribution is -2.14. The van der Waals surface area contributed by atoms with Gasteiger partial charge in [-0.1, -0.05) is 23.7 Å². The van der Waals surface area contributed by atoms with E-state index in [2.05, 4.69) is 5.32 Å². The lowest BCUT2D eigenvalue weighted by molar-refractivity contribution is 0.0512. The Hall–Kier alpha value is -2.57. The zero-order valence-electron chi connectivity index (χ0n) is 12.2. The number of nitrogens with one attached hydrogen (secondary N) is 1. The average Bonchev–Trinajstić information content (AvgIpc) is 2.54. The van der Waals surface area contributed by atoms with Gasteiger partial charge in [0.25, 0.3) is 5.91 Å². The molecule has 0 saturated carbocycles. The quantitative estimate of drug-likeness (QED) is 0.791. The Labute approximate surface area is 137 Å². The number of amides is 1. The van der Waals surface area contributed by atoms with Crippen LogP contribution >= 0.6 is 11.6 Å². The molecule has 0 radical (unpaired) electrons. The van der Waals surface area contributed by atoms with Crippen LogP contribution in [0.3, 0.4) is 0 Å². The second kappa shape index (κ2) is 7.62. The van der Waals surface area contributed by atoms with Gasteiger partial charge in [0.15, 0.2) is 6.79 Å². The number of anilines is 1. The standard InChI is InChI=1S/C16H14ClNO5/c1-22-9-23-14-8-10(16(20)21)6-7-13(14)18-15(19)11-4-2-3-5-12(11)17/h2-8H,9H2,1H3,(H,18,19)(H,20,21). The highest BCUT2D eigenvalue weighted by molar-refractivity contribution is 6.34. The second-order valence-corrected chi connectivity index (χ2v) is 4.91. The van der Waals surface area contributed by atoms with E-state index in [9.17, 15) is 9.59 Å². The number of carbonyl (C=O) groups is 2. The van der Waals surface area contributed by atoms with Crippen LogP contribution in [-0.2, 0) is 4.74 Å². The minimum absolute atomic E-state index is 0.0341. The molecule has 0 unspecified atom stereocenters. The summed E-state index contributed by atoms with van der Waals surface area (Å²) in [7, 11) is 1.43. The SMILES string of the molecule is COCOc1cc(C(=O)O)ccc1NC(=O)c1ccccc1Cl. The number of carbonyl (C=O) groups excluding carboxylic acids is 1. The summed E-state index contributed by atoms with van der Waals surface area (Å²) in [6, 6.07) is 10.7. The zero-order valence-corrected chi connectivity index (χ0v) is 13.0. The minimum Gasteiger partial charge on any atom is -0.478 e. The van der Waals surface area contributed by atoms with Crippen LogP contribution in [-0.4, -0.2) is 30.9 Å². The third-order valence-electron chi connectivity index (χ3n) is 2.93. The number of carboxylic acids is 1. The molecule has 23 heavy (non-hydrogen) atoms. The maximum Gasteiger partial charge on any atom is 0.335 e. The molecule has 0 spiro atoms. The Morgan fingerprint density at radius 2 is 1.96 bits per heavy atom. The molecule has 0 fully saturated rings. The topological polar surface area (TPSA) is 84.9 Å². The first-order valence-electron chi connectivity index (χ1n) is 6.58. The molecule has 2 rings (SSSR count). The van der Waals surface area contributed by atoms with Crippen LogP contribution in [0.15, 0.2) is 42.5 Å². The van der Waals surface area contributed by atoms with Crippen molar-refractivity contribution in [1.29, 1.82) is 0 Å². The molecular weight excluding hydrogens is 322 g/mol. The summed E-state index contributed by atoms with van der Waals surface area (Å²) >= 11 is 5.99. The van der Waals surface area contributed by atoms with Crippen molar-refractivity contribution in [3.63, 3.8) is 0 Å². The van der Waals surface area contributed by atoms with Crippen molar-refractivity contribution >= 4 is 29.2 Å². The number of hydrogen-bond acceptors (Lipinski definition) is 4. The van der Waals surface area contributed by atoms with Crippen molar-refractivity contribution < 1.29 is 24.2 Å². The Kier molecular flexibility index (Phi) is 5.56. The maximum atomic E-state index is 12.3. The zero-order chi connectivity index (χ0) is 16.8. The van der Waals surface area contributed by atoms with E-state index in [1.54, 1.807) is 24.3 Å². The van der Waals surface area contributed by atoms with E-state index in [4.69, 9.17) is 26.2 Å². The highest BCUT2D eigenvalue weighted by Gasteiger charge is 2.15. The normalized spacial score (nSPS) is 10.2. The van der Waals surface area contributed by atoms with Crippen LogP contribution in [0.5, 0.6) is 5.75 Å². The summed E-state index contributed by atoms with van der Waals surface area (Å²) < 4.78 is 10.1. The van der Waals surface area contributed by atoms with Crippen molar-refractivity contribution in [2.75, 3.05) is 19.2 Å². The number of rotatable bonds is 6. The summed E-state index contributed by atoms with van der Waals surface area (Å²) in [5.41, 5.74) is 0.651. The third kappa shape index (κ3) is 4.21. The fourth-order valence-electron chi connectivity index (χ4n) is 1.84. The third-order valence-corrected chi connectivity index (χ3v) is 3.26. The van der Waals surface area contributed by atoms with Gasteiger partial charge >= 0.3 is 5.97 Å². The molecule has 6 nitrogen and oxygen atoms in total. The van der Waals surface area contributed by atoms with Gasteiger partial charge in [0.2, 0.25) is 0 Å². The lowest BCUT2D eigenvalue weighted by Gasteiger charge is -2.13. The predicted octanol–water partition coefficient (Wildman–Crippen LogP) is 3.27. The lowest BCUT2D eigenvalue weighted by atomic mass is 10.1. The average molecular weight is 336 g/mol. The second-order valence-electron chi connectivity index (χ2n) is 4.50. The molecular formula is C16H14ClNO5. The summed E-state index contributed by atoms with van der Waals surface area (Å²) in [5, 5.41) is 12.0. The molecule has 7 heteroatoms. The molecule has 2 N–H and O–H groups in total. The molecule has 1 amide bonds. The molecule has 0 aliphatic rings. The van der Waals surface area contributed by atoms with E-state index in [0.717, 1.165) is 0 Å². The van der Waals surface area contributed by atoms with Gasteiger partial charge in [-0.2, -0.15) is 0 Å². The van der Waals surface area contributed by atoms with Crippen molar-refractivity contribution in [1.82, 2.24) is 0 Å². The van der Waals surface area contributed by atoms with Crippen LogP contribution in [0.25, 0.3) is 0 Å². The van der Waals surface area contributed by atoms with Crippen LogP contribution in [0, 0.1) is 0 Å². The van der Waals surface area contributed by atoms with E-state index < -0.39 is 11.9 Å². The van der Waals surface area contributed by atoms with E-state index in [0.29, 0.717) is 16.3 Å². The van der Waals surface area contributed by atoms with Crippen molar-refractivity contribution in [2.24, 2.45) is 0 Å². The van der Waals surface area contributed by atoms with Gasteiger partial charge in [0, 0.05) is 7.11 Å². The Morgan fingerprint density at radius 1 is 1.22 bits per heavy atom. The maximum absolute atomic E-state index is 12.3. The number of carboxylic acid groups (broad SMARTS) is 1. The molecule has 2 aromatic carbocycles. The highest BCUT2D eigenvalue weighted by Crippen LogP contribution is 2.27. The number of benzene rings is 2. The molecule has 0 aliphatic carbocycles. The number of halogens is 1. The van der Waals surface area contributed by atoms with Gasteiger partial charge in [-0.25, -0.2) is 4.79 Å². The number of methoxy groups -OCH3 is 1.